The summed E-state index contributed by atoms with van der Waals surface area (Å²) in [5, 5.41) is 9.87. The average molecular weight is 392 g/mol. The summed E-state index contributed by atoms with van der Waals surface area (Å²) in [6.45, 7) is 4.37. The van der Waals surface area contributed by atoms with E-state index < -0.39 is 0 Å². The second-order valence-corrected chi connectivity index (χ2v) is 7.16. The lowest BCUT2D eigenvalue weighted by Gasteiger charge is -2.28. The van der Waals surface area contributed by atoms with Gasteiger partial charge in [0.25, 0.3) is 5.56 Å². The number of nitrogens with two attached hydrogens (primary N) is 1. The molecule has 4 rings (SSSR count). The summed E-state index contributed by atoms with van der Waals surface area (Å²) in [5.74, 6) is 1.19. The van der Waals surface area contributed by atoms with Gasteiger partial charge < -0.3 is 20.6 Å². The average Bonchev–Trinajstić information content (AvgIpc) is 2.71. The molecule has 29 heavy (non-hydrogen) atoms. The number of hydrogen-bond donors (Lipinski definition) is 3. The maximum atomic E-state index is 12.7. The first kappa shape index (κ1) is 19.0. The van der Waals surface area contributed by atoms with Crippen LogP contribution in [-0.4, -0.2) is 33.1 Å². The van der Waals surface area contributed by atoms with Crippen LogP contribution in [0.3, 0.4) is 0 Å². The number of H-pyrrole nitrogens is 1. The van der Waals surface area contributed by atoms with E-state index >= 15 is 0 Å². The van der Waals surface area contributed by atoms with Crippen LogP contribution in [0.15, 0.2) is 47.3 Å². The maximum absolute atomic E-state index is 12.7. The fraction of sp³-hybridized carbons (Fsp3) is 0.273. The third-order valence-electron chi connectivity index (χ3n) is 5.06. The number of nitrogens with zero attached hydrogens (tertiary/aromatic N) is 2. The Balaban J connectivity index is 1.54. The predicted molar refractivity (Wildman–Crippen MR) is 112 cm³/mol. The Kier molecular flexibility index (Phi) is 5.22. The summed E-state index contributed by atoms with van der Waals surface area (Å²) in [4.78, 5) is 22.5. The predicted octanol–water partition coefficient (Wildman–Crippen LogP) is 2.68. The molecule has 0 fully saturated rings. The van der Waals surface area contributed by atoms with Crippen LogP contribution in [-0.2, 0) is 19.5 Å². The number of fused-ring (bicyclic) bond motifs is 1. The Morgan fingerprint density at radius 1 is 1.24 bits per heavy atom. The van der Waals surface area contributed by atoms with Gasteiger partial charge in [-0.3, -0.25) is 9.69 Å². The first-order chi connectivity index (χ1) is 14.0. The molecule has 0 aliphatic carbocycles. The highest BCUT2D eigenvalue weighted by Crippen LogP contribution is 2.28. The molecule has 2 heterocycles. The molecule has 0 saturated heterocycles. The number of nitrogens with one attached hydrogen (secondary N) is 1. The largest absolute Gasteiger partial charge is 0.504 e. The Hall–Kier alpha value is -3.32. The number of ether oxygens (including phenoxy) is 1. The molecule has 1 aliphatic heterocycles. The van der Waals surface area contributed by atoms with Crippen molar-refractivity contribution in [1.29, 1.82) is 0 Å². The molecule has 0 saturated carbocycles. The van der Waals surface area contributed by atoms with Crippen LogP contribution in [0, 0.1) is 0 Å². The third kappa shape index (κ3) is 4.09. The minimum absolute atomic E-state index is 0.104. The van der Waals surface area contributed by atoms with Crippen LogP contribution in [0.2, 0.25) is 0 Å². The molecule has 0 amide bonds. The first-order valence-corrected chi connectivity index (χ1v) is 9.68. The van der Waals surface area contributed by atoms with E-state index in [0.29, 0.717) is 48.9 Å². The van der Waals surface area contributed by atoms with E-state index in [1.165, 1.54) is 0 Å². The van der Waals surface area contributed by atoms with E-state index in [0.717, 1.165) is 23.4 Å². The van der Waals surface area contributed by atoms with Gasteiger partial charge in [-0.15, -0.1) is 0 Å². The third-order valence-corrected chi connectivity index (χ3v) is 5.06. The van der Waals surface area contributed by atoms with E-state index in [-0.39, 0.29) is 11.3 Å². The number of aromatic amines is 1. The van der Waals surface area contributed by atoms with Gasteiger partial charge in [-0.25, -0.2) is 4.98 Å². The van der Waals surface area contributed by atoms with Gasteiger partial charge in [0.2, 0.25) is 0 Å². The Bertz CT molecular complexity index is 1080. The van der Waals surface area contributed by atoms with Crippen LogP contribution in [0.25, 0.3) is 11.4 Å². The molecule has 1 aromatic heterocycles. The molecule has 0 atom stereocenters. The van der Waals surface area contributed by atoms with Crippen molar-refractivity contribution in [1.82, 2.24) is 14.9 Å². The second kappa shape index (κ2) is 7.97. The molecule has 4 N–H and O–H groups in total. The summed E-state index contributed by atoms with van der Waals surface area (Å²) in [6.07, 6.45) is 0.706. The van der Waals surface area contributed by atoms with Crippen molar-refractivity contribution in [2.45, 2.75) is 26.4 Å². The summed E-state index contributed by atoms with van der Waals surface area (Å²) in [7, 11) is 0. The number of phenolic OH excluding ortho intramolecular Hbond substituents is 1. The first-order valence-electron chi connectivity index (χ1n) is 9.68. The van der Waals surface area contributed by atoms with Crippen LogP contribution >= 0.6 is 0 Å². The van der Waals surface area contributed by atoms with E-state index in [2.05, 4.69) is 14.9 Å². The lowest BCUT2D eigenvalue weighted by Crippen LogP contribution is -2.35. The molecule has 150 valence electrons. The molecule has 0 bridgehead atoms. The number of nitrogen functional groups attached to an aromatic ring is 1. The second-order valence-electron chi connectivity index (χ2n) is 7.16. The zero-order valence-electron chi connectivity index (χ0n) is 16.3. The molecule has 1 aliphatic rings. The fourth-order valence-electron chi connectivity index (χ4n) is 3.58. The van der Waals surface area contributed by atoms with Crippen molar-refractivity contribution >= 4 is 5.69 Å². The SMILES string of the molecule is CCOc1cc(CN2CCc3nc(-c4ccc(N)cc4)[nH]c(=O)c3C2)ccc1O. The van der Waals surface area contributed by atoms with Gasteiger partial charge in [0.15, 0.2) is 11.5 Å². The zero-order chi connectivity index (χ0) is 20.4. The lowest BCUT2D eigenvalue weighted by molar-refractivity contribution is 0.241. The Morgan fingerprint density at radius 2 is 2.03 bits per heavy atom. The van der Waals surface area contributed by atoms with E-state index in [9.17, 15) is 9.90 Å². The number of phenols is 1. The zero-order valence-corrected chi connectivity index (χ0v) is 16.3. The highest BCUT2D eigenvalue weighted by molar-refractivity contribution is 5.58. The minimum atomic E-state index is -0.104. The van der Waals surface area contributed by atoms with Gasteiger partial charge in [0, 0.05) is 37.3 Å². The van der Waals surface area contributed by atoms with Crippen molar-refractivity contribution in [3.8, 4) is 22.9 Å². The van der Waals surface area contributed by atoms with Gasteiger partial charge in [-0.1, -0.05) is 6.07 Å². The van der Waals surface area contributed by atoms with Crippen LogP contribution in [0.1, 0.15) is 23.7 Å². The smallest absolute Gasteiger partial charge is 0.255 e. The van der Waals surface area contributed by atoms with E-state index in [4.69, 9.17) is 10.5 Å². The van der Waals surface area contributed by atoms with Gasteiger partial charge in [0.1, 0.15) is 5.82 Å². The number of hydrogen-bond acceptors (Lipinski definition) is 6. The van der Waals surface area contributed by atoms with Crippen molar-refractivity contribution < 1.29 is 9.84 Å². The van der Waals surface area contributed by atoms with Crippen molar-refractivity contribution in [2.75, 3.05) is 18.9 Å². The monoisotopic (exact) mass is 392 g/mol. The van der Waals surface area contributed by atoms with E-state index in [1.807, 2.05) is 31.2 Å². The number of aromatic hydroxyl groups is 1. The maximum Gasteiger partial charge on any atom is 0.255 e. The highest BCUT2D eigenvalue weighted by Gasteiger charge is 2.22. The summed E-state index contributed by atoms with van der Waals surface area (Å²) >= 11 is 0. The molecule has 7 heteroatoms. The molecule has 0 spiro atoms. The molecule has 7 nitrogen and oxygen atoms in total. The Morgan fingerprint density at radius 3 is 2.79 bits per heavy atom. The molecular weight excluding hydrogens is 368 g/mol. The van der Waals surface area contributed by atoms with Crippen LogP contribution in [0.5, 0.6) is 11.5 Å². The topological polar surface area (TPSA) is 104 Å². The fourth-order valence-corrected chi connectivity index (χ4v) is 3.58. The number of aromatic nitrogens is 2. The number of rotatable bonds is 5. The molecular formula is C22H24N4O3. The quantitative estimate of drug-likeness (QED) is 0.577. The molecule has 0 unspecified atom stereocenters. The lowest BCUT2D eigenvalue weighted by atomic mass is 10.0. The molecule has 2 aromatic carbocycles. The van der Waals surface area contributed by atoms with Crippen molar-refractivity contribution in [3.63, 3.8) is 0 Å². The van der Waals surface area contributed by atoms with Crippen LogP contribution in [0.4, 0.5) is 5.69 Å². The standard InChI is InChI=1S/C22H24N4O3/c1-2-29-20-11-14(3-8-19(20)27)12-26-10-9-18-17(13-26)22(28)25-21(24-18)15-4-6-16(23)7-5-15/h3-8,11,27H,2,9-10,12-13,23H2,1H3,(H,24,25,28). The normalized spacial score (nSPS) is 13.8. The van der Waals surface area contributed by atoms with E-state index in [1.54, 1.807) is 18.2 Å². The Labute approximate surface area is 168 Å². The molecule has 0 radical (unpaired) electrons. The van der Waals surface area contributed by atoms with Gasteiger partial charge in [-0.2, -0.15) is 0 Å². The van der Waals surface area contributed by atoms with Gasteiger partial charge in [-0.05, 0) is 48.9 Å². The summed E-state index contributed by atoms with van der Waals surface area (Å²) in [6, 6.07) is 12.7. The van der Waals surface area contributed by atoms with Crippen molar-refractivity contribution in [3.05, 3.63) is 69.6 Å². The highest BCUT2D eigenvalue weighted by atomic mass is 16.5. The summed E-state index contributed by atoms with van der Waals surface area (Å²) in [5.41, 5.74) is 9.73. The number of anilines is 1. The van der Waals surface area contributed by atoms with Crippen LogP contribution < -0.4 is 16.0 Å². The van der Waals surface area contributed by atoms with Crippen molar-refractivity contribution in [2.24, 2.45) is 0 Å². The number of benzene rings is 2. The van der Waals surface area contributed by atoms with Gasteiger partial charge in [0.05, 0.1) is 17.9 Å². The summed E-state index contributed by atoms with van der Waals surface area (Å²) < 4.78 is 5.46. The van der Waals surface area contributed by atoms with Gasteiger partial charge >= 0.3 is 0 Å². The molecule has 3 aromatic rings. The minimum Gasteiger partial charge on any atom is -0.504 e.